The average Bonchev–Trinajstić information content (AvgIpc) is 1.79. The van der Waals surface area contributed by atoms with Crippen LogP contribution in [0.1, 0.15) is 34.1 Å². The zero-order valence-electron chi connectivity index (χ0n) is 8.96. The van der Waals surface area contributed by atoms with Gasteiger partial charge in [0.2, 0.25) is 0 Å². The maximum Gasteiger partial charge on any atom is 0.410 e. The van der Waals surface area contributed by atoms with Crippen LogP contribution in [0, 0.1) is 5.41 Å². The number of rotatable bonds is 1. The number of hydrogen-bond donors (Lipinski definition) is 0. The van der Waals surface area contributed by atoms with Crippen LogP contribution in [0.3, 0.4) is 0 Å². The molecule has 1 fully saturated rings. The standard InChI is InChI=1S/C10H19NO2/c1-8(10(2,3)4)13-9(12)11-6-5-7-11/h8H,5-7H2,1-4H3. The minimum Gasteiger partial charge on any atom is -0.446 e. The highest BCUT2D eigenvalue weighted by Gasteiger charge is 2.28. The Kier molecular flexibility index (Phi) is 2.84. The first kappa shape index (κ1) is 10.4. The highest BCUT2D eigenvalue weighted by atomic mass is 16.6. The first-order valence-corrected chi connectivity index (χ1v) is 4.87. The molecule has 1 heterocycles. The third-order valence-electron chi connectivity index (χ3n) is 2.61. The molecule has 3 nitrogen and oxygen atoms in total. The van der Waals surface area contributed by atoms with E-state index < -0.39 is 0 Å². The van der Waals surface area contributed by atoms with Crippen LogP contribution in [0.5, 0.6) is 0 Å². The van der Waals surface area contributed by atoms with Gasteiger partial charge in [-0.3, -0.25) is 0 Å². The van der Waals surface area contributed by atoms with Gasteiger partial charge in [0.25, 0.3) is 0 Å². The highest BCUT2D eigenvalue weighted by molar-refractivity contribution is 5.68. The molecular weight excluding hydrogens is 166 g/mol. The molecule has 1 amide bonds. The van der Waals surface area contributed by atoms with Crippen LogP contribution in [0.15, 0.2) is 0 Å². The average molecular weight is 185 g/mol. The second-order valence-electron chi connectivity index (χ2n) is 4.73. The van der Waals surface area contributed by atoms with Crippen LogP contribution in [-0.4, -0.2) is 30.2 Å². The molecule has 1 aliphatic rings. The van der Waals surface area contributed by atoms with Gasteiger partial charge in [-0.2, -0.15) is 0 Å². The molecule has 0 N–H and O–H groups in total. The van der Waals surface area contributed by atoms with Crippen LogP contribution in [-0.2, 0) is 4.74 Å². The van der Waals surface area contributed by atoms with Crippen LogP contribution < -0.4 is 0 Å². The fourth-order valence-corrected chi connectivity index (χ4v) is 0.901. The molecule has 0 aromatic rings. The zero-order chi connectivity index (χ0) is 10.1. The van der Waals surface area contributed by atoms with Crippen molar-refractivity contribution in [3.05, 3.63) is 0 Å². The SMILES string of the molecule is CC(OC(=O)N1CCC1)C(C)(C)C. The summed E-state index contributed by atoms with van der Waals surface area (Å²) in [5.74, 6) is 0. The summed E-state index contributed by atoms with van der Waals surface area (Å²) in [6.07, 6.45) is 0.924. The van der Waals surface area contributed by atoms with Crippen molar-refractivity contribution in [1.29, 1.82) is 0 Å². The second-order valence-corrected chi connectivity index (χ2v) is 4.73. The summed E-state index contributed by atoms with van der Waals surface area (Å²) in [7, 11) is 0. The number of carbonyl (C=O) groups is 1. The fourth-order valence-electron chi connectivity index (χ4n) is 0.901. The zero-order valence-corrected chi connectivity index (χ0v) is 8.96. The largest absolute Gasteiger partial charge is 0.446 e. The Morgan fingerprint density at radius 3 is 2.23 bits per heavy atom. The number of nitrogens with zero attached hydrogens (tertiary/aromatic N) is 1. The predicted molar refractivity (Wildman–Crippen MR) is 51.6 cm³/mol. The van der Waals surface area contributed by atoms with E-state index in [4.69, 9.17) is 4.74 Å². The molecule has 1 aliphatic heterocycles. The smallest absolute Gasteiger partial charge is 0.410 e. The van der Waals surface area contributed by atoms with E-state index >= 15 is 0 Å². The molecule has 1 unspecified atom stereocenters. The van der Waals surface area contributed by atoms with Crippen molar-refractivity contribution >= 4 is 6.09 Å². The Bertz CT molecular complexity index is 192. The Labute approximate surface area is 80.1 Å². The molecule has 0 aliphatic carbocycles. The monoisotopic (exact) mass is 185 g/mol. The second kappa shape index (κ2) is 3.56. The van der Waals surface area contributed by atoms with Crippen molar-refractivity contribution in [2.75, 3.05) is 13.1 Å². The van der Waals surface area contributed by atoms with Crippen molar-refractivity contribution in [1.82, 2.24) is 4.90 Å². The molecule has 0 spiro atoms. The quantitative estimate of drug-likeness (QED) is 0.627. The molecule has 1 saturated heterocycles. The molecule has 0 bridgehead atoms. The van der Waals surface area contributed by atoms with Gasteiger partial charge >= 0.3 is 6.09 Å². The molecule has 0 saturated carbocycles. The Morgan fingerprint density at radius 1 is 1.38 bits per heavy atom. The number of amides is 1. The molecule has 1 rings (SSSR count). The topological polar surface area (TPSA) is 29.5 Å². The van der Waals surface area contributed by atoms with Crippen LogP contribution in [0.25, 0.3) is 0 Å². The van der Waals surface area contributed by atoms with Gasteiger partial charge in [0.15, 0.2) is 0 Å². The summed E-state index contributed by atoms with van der Waals surface area (Å²) in [6, 6.07) is 0. The van der Waals surface area contributed by atoms with Gasteiger partial charge in [-0.15, -0.1) is 0 Å². The molecule has 3 heteroatoms. The van der Waals surface area contributed by atoms with Gasteiger partial charge in [-0.25, -0.2) is 4.79 Å². The number of likely N-dealkylation sites (tertiary alicyclic amines) is 1. The summed E-state index contributed by atoms with van der Waals surface area (Å²) >= 11 is 0. The van der Waals surface area contributed by atoms with E-state index in [1.807, 2.05) is 6.92 Å². The van der Waals surface area contributed by atoms with Crippen molar-refractivity contribution in [3.8, 4) is 0 Å². The van der Waals surface area contributed by atoms with E-state index in [1.165, 1.54) is 0 Å². The first-order valence-electron chi connectivity index (χ1n) is 4.87. The molecule has 1 atom stereocenters. The van der Waals surface area contributed by atoms with Gasteiger partial charge in [0, 0.05) is 13.1 Å². The lowest BCUT2D eigenvalue weighted by Crippen LogP contribution is -2.44. The van der Waals surface area contributed by atoms with E-state index in [-0.39, 0.29) is 17.6 Å². The molecule has 0 radical (unpaired) electrons. The number of ether oxygens (including phenoxy) is 1. The van der Waals surface area contributed by atoms with E-state index in [9.17, 15) is 4.79 Å². The Balaban J connectivity index is 2.35. The summed E-state index contributed by atoms with van der Waals surface area (Å²) in [6.45, 7) is 9.87. The minimum absolute atomic E-state index is 0.0272. The van der Waals surface area contributed by atoms with Crippen molar-refractivity contribution in [2.24, 2.45) is 5.41 Å². The van der Waals surface area contributed by atoms with Crippen molar-refractivity contribution < 1.29 is 9.53 Å². The summed E-state index contributed by atoms with van der Waals surface area (Å²) in [5, 5.41) is 0. The molecular formula is C10H19NO2. The van der Waals surface area contributed by atoms with Crippen molar-refractivity contribution in [2.45, 2.75) is 40.2 Å². The van der Waals surface area contributed by atoms with Gasteiger partial charge in [-0.05, 0) is 18.8 Å². The Hall–Kier alpha value is -0.730. The van der Waals surface area contributed by atoms with E-state index in [0.29, 0.717) is 0 Å². The highest BCUT2D eigenvalue weighted by Crippen LogP contribution is 2.23. The lowest BCUT2D eigenvalue weighted by molar-refractivity contribution is 0.00991. The van der Waals surface area contributed by atoms with Gasteiger partial charge in [0.1, 0.15) is 6.10 Å². The lowest BCUT2D eigenvalue weighted by Gasteiger charge is -2.34. The normalized spacial score (nSPS) is 19.2. The Morgan fingerprint density at radius 2 is 1.92 bits per heavy atom. The van der Waals surface area contributed by atoms with Gasteiger partial charge in [0.05, 0.1) is 0 Å². The van der Waals surface area contributed by atoms with E-state index in [1.54, 1.807) is 4.90 Å². The predicted octanol–water partition coefficient (Wildman–Crippen LogP) is 2.26. The molecule has 0 aromatic carbocycles. The van der Waals surface area contributed by atoms with Gasteiger partial charge < -0.3 is 9.64 Å². The minimum atomic E-state index is -0.159. The number of carbonyl (C=O) groups excluding carboxylic acids is 1. The van der Waals surface area contributed by atoms with Crippen LogP contribution in [0.4, 0.5) is 4.79 Å². The van der Waals surface area contributed by atoms with Crippen molar-refractivity contribution in [3.63, 3.8) is 0 Å². The molecule has 0 aromatic heterocycles. The molecule has 76 valence electrons. The third-order valence-corrected chi connectivity index (χ3v) is 2.61. The maximum absolute atomic E-state index is 11.4. The summed E-state index contributed by atoms with van der Waals surface area (Å²) in [4.78, 5) is 13.1. The summed E-state index contributed by atoms with van der Waals surface area (Å²) < 4.78 is 5.31. The van der Waals surface area contributed by atoms with Crippen LogP contribution >= 0.6 is 0 Å². The fraction of sp³-hybridized carbons (Fsp3) is 0.900. The third kappa shape index (κ3) is 2.61. The van der Waals surface area contributed by atoms with Crippen LogP contribution in [0.2, 0.25) is 0 Å². The lowest BCUT2D eigenvalue weighted by atomic mass is 9.90. The number of hydrogen-bond acceptors (Lipinski definition) is 2. The van der Waals surface area contributed by atoms with E-state index in [0.717, 1.165) is 19.5 Å². The first-order chi connectivity index (χ1) is 5.91. The summed E-state index contributed by atoms with van der Waals surface area (Å²) in [5.41, 5.74) is 0.0283. The molecule has 13 heavy (non-hydrogen) atoms. The van der Waals surface area contributed by atoms with Gasteiger partial charge in [-0.1, -0.05) is 20.8 Å². The maximum atomic E-state index is 11.4. The van der Waals surface area contributed by atoms with E-state index in [2.05, 4.69) is 20.8 Å².